The zero-order chi connectivity index (χ0) is 26.2. The molecule has 0 radical (unpaired) electrons. The number of nitrogens with two attached hydrogens (primary N) is 2. The van der Waals surface area contributed by atoms with E-state index in [4.69, 9.17) is 16.6 Å². The van der Waals surface area contributed by atoms with E-state index in [-0.39, 0.29) is 11.8 Å². The molecule has 0 fully saturated rings. The third kappa shape index (κ3) is 20.9. The summed E-state index contributed by atoms with van der Waals surface area (Å²) in [4.78, 5) is 35.7. The van der Waals surface area contributed by atoms with Crippen molar-refractivity contribution in [2.45, 2.75) is 136 Å². The molecule has 0 aromatic rings. The normalized spacial score (nSPS) is 11.6. The number of nitrogens with zero attached hydrogens (tertiary/aromatic N) is 1. The van der Waals surface area contributed by atoms with Gasteiger partial charge >= 0.3 is 5.97 Å². The molecule has 0 aromatic carbocycles. The fourth-order valence-corrected chi connectivity index (χ4v) is 3.99. The number of carbonyl (C=O) groups excluding carboxylic acids is 2. The van der Waals surface area contributed by atoms with E-state index in [1.165, 1.54) is 64.2 Å². The Morgan fingerprint density at radius 3 is 1.53 bits per heavy atom. The molecule has 0 aromatic heterocycles. The lowest BCUT2D eigenvalue weighted by molar-refractivity contribution is -0.141. The summed E-state index contributed by atoms with van der Waals surface area (Å²) >= 11 is 0. The molecule has 0 aliphatic carbocycles. The summed E-state index contributed by atoms with van der Waals surface area (Å²) in [6.07, 6.45) is 17.4. The summed E-state index contributed by atoms with van der Waals surface area (Å²) in [7, 11) is 0. The number of carbonyl (C=O) groups is 3. The number of aliphatic carboxylic acids is 1. The lowest BCUT2D eigenvalue weighted by Gasteiger charge is -2.32. The minimum Gasteiger partial charge on any atom is -0.481 e. The molecule has 202 valence electrons. The van der Waals surface area contributed by atoms with Crippen molar-refractivity contribution >= 4 is 17.8 Å². The quantitative estimate of drug-likeness (QED) is 0.181. The molecule has 0 unspecified atom stereocenters. The maximum atomic E-state index is 12.5. The van der Waals surface area contributed by atoms with E-state index in [1.54, 1.807) is 4.90 Å². The molecule has 0 saturated carbocycles. The highest BCUT2D eigenvalue weighted by atomic mass is 16.4. The molecule has 7 nitrogen and oxygen atoms in total. The lowest BCUT2D eigenvalue weighted by atomic mass is 10.00. The standard InChI is InChI=1S/C23H47N3O2.C4H8O2/c1-4-5-6-7-8-9-10-11-12-13-14-15-19-26(21(27)17-16-18-24)22(20(2)3)23(25)28;1-2-3-4(5)6/h20,22H,4-19,24H2,1-3H3,(H2,25,28);2-3H2,1H3,(H,5,6)/t22-;/m0./s1. The van der Waals surface area contributed by atoms with Crippen molar-refractivity contribution in [1.82, 2.24) is 4.90 Å². The van der Waals surface area contributed by atoms with E-state index >= 15 is 0 Å². The van der Waals surface area contributed by atoms with Gasteiger partial charge in [0, 0.05) is 19.4 Å². The van der Waals surface area contributed by atoms with Gasteiger partial charge < -0.3 is 21.5 Å². The number of unbranched alkanes of at least 4 members (excludes halogenated alkanes) is 11. The molecule has 0 heterocycles. The number of rotatable bonds is 21. The topological polar surface area (TPSA) is 127 Å². The first kappa shape index (κ1) is 34.5. The number of hydrogen-bond acceptors (Lipinski definition) is 4. The Morgan fingerprint density at radius 2 is 1.21 bits per heavy atom. The van der Waals surface area contributed by atoms with Crippen molar-refractivity contribution < 1.29 is 19.5 Å². The van der Waals surface area contributed by atoms with Gasteiger partial charge in [0.15, 0.2) is 0 Å². The molecule has 2 amide bonds. The molecule has 0 aliphatic heterocycles. The van der Waals surface area contributed by atoms with Gasteiger partial charge in [-0.2, -0.15) is 0 Å². The van der Waals surface area contributed by atoms with Gasteiger partial charge in [-0.15, -0.1) is 0 Å². The molecule has 0 saturated heterocycles. The van der Waals surface area contributed by atoms with Crippen LogP contribution in [0.1, 0.15) is 130 Å². The van der Waals surface area contributed by atoms with Gasteiger partial charge in [-0.25, -0.2) is 0 Å². The van der Waals surface area contributed by atoms with Crippen LogP contribution in [-0.2, 0) is 14.4 Å². The van der Waals surface area contributed by atoms with Crippen LogP contribution in [0.5, 0.6) is 0 Å². The number of carboxylic acids is 1. The Kier molecular flexibility index (Phi) is 24.9. The summed E-state index contributed by atoms with van der Waals surface area (Å²) in [6, 6.07) is -0.516. The van der Waals surface area contributed by atoms with Gasteiger partial charge in [-0.1, -0.05) is 98.3 Å². The van der Waals surface area contributed by atoms with Crippen LogP contribution in [-0.4, -0.2) is 46.9 Å². The van der Waals surface area contributed by atoms with Crippen molar-refractivity contribution in [3.8, 4) is 0 Å². The molecule has 0 rings (SSSR count). The van der Waals surface area contributed by atoms with E-state index in [0.717, 1.165) is 19.3 Å². The highest BCUT2D eigenvalue weighted by molar-refractivity contribution is 5.86. The van der Waals surface area contributed by atoms with E-state index in [0.29, 0.717) is 32.4 Å². The van der Waals surface area contributed by atoms with Crippen molar-refractivity contribution in [2.24, 2.45) is 17.4 Å². The average molecular weight is 486 g/mol. The van der Waals surface area contributed by atoms with Crippen LogP contribution in [0.2, 0.25) is 0 Å². The number of primary amides is 1. The van der Waals surface area contributed by atoms with Gasteiger partial charge in [-0.3, -0.25) is 14.4 Å². The van der Waals surface area contributed by atoms with Gasteiger partial charge in [0.25, 0.3) is 0 Å². The Morgan fingerprint density at radius 1 is 0.735 bits per heavy atom. The summed E-state index contributed by atoms with van der Waals surface area (Å²) in [6.45, 7) is 9.09. The summed E-state index contributed by atoms with van der Waals surface area (Å²) in [5.74, 6) is -1.09. The first-order valence-corrected chi connectivity index (χ1v) is 13.7. The molecule has 0 aliphatic rings. The second-order valence-corrected chi connectivity index (χ2v) is 9.60. The van der Waals surface area contributed by atoms with Crippen LogP contribution < -0.4 is 11.5 Å². The van der Waals surface area contributed by atoms with Gasteiger partial charge in [0.05, 0.1) is 0 Å². The SMILES string of the molecule is CCCC(=O)O.CCCCCCCCCCCCCCN(C(=O)CCCN)[C@H](C(N)=O)C(C)C. The Balaban J connectivity index is 0. The molecule has 7 heteroatoms. The van der Waals surface area contributed by atoms with Crippen LogP contribution in [0.15, 0.2) is 0 Å². The zero-order valence-corrected chi connectivity index (χ0v) is 22.7. The van der Waals surface area contributed by atoms with Crippen molar-refractivity contribution in [1.29, 1.82) is 0 Å². The van der Waals surface area contributed by atoms with Crippen LogP contribution in [0, 0.1) is 5.92 Å². The third-order valence-corrected chi connectivity index (χ3v) is 5.89. The second kappa shape index (κ2) is 24.5. The second-order valence-electron chi connectivity index (χ2n) is 9.60. The predicted octanol–water partition coefficient (Wildman–Crippen LogP) is 5.64. The average Bonchev–Trinajstić information content (AvgIpc) is 2.77. The minimum absolute atomic E-state index is 0.00558. The lowest BCUT2D eigenvalue weighted by Crippen LogP contribution is -2.51. The molecule has 5 N–H and O–H groups in total. The molecular weight excluding hydrogens is 430 g/mol. The first-order chi connectivity index (χ1) is 16.2. The molecule has 0 spiro atoms. The maximum absolute atomic E-state index is 12.5. The van der Waals surface area contributed by atoms with Crippen LogP contribution in [0.25, 0.3) is 0 Å². The van der Waals surface area contributed by atoms with Crippen LogP contribution >= 0.6 is 0 Å². The van der Waals surface area contributed by atoms with Crippen molar-refractivity contribution in [3.05, 3.63) is 0 Å². The van der Waals surface area contributed by atoms with Crippen LogP contribution in [0.3, 0.4) is 0 Å². The minimum atomic E-state index is -0.711. The molecular formula is C27H55N3O4. The summed E-state index contributed by atoms with van der Waals surface area (Å²) in [5, 5.41) is 7.91. The Bertz CT molecular complexity index is 512. The van der Waals surface area contributed by atoms with Gasteiger partial charge in [0.2, 0.25) is 11.8 Å². The Hall–Kier alpha value is -1.63. The van der Waals surface area contributed by atoms with E-state index in [1.807, 2.05) is 20.8 Å². The number of hydrogen-bond donors (Lipinski definition) is 3. The fraction of sp³-hybridized carbons (Fsp3) is 0.889. The largest absolute Gasteiger partial charge is 0.481 e. The monoisotopic (exact) mass is 485 g/mol. The van der Waals surface area contributed by atoms with E-state index in [9.17, 15) is 14.4 Å². The smallest absolute Gasteiger partial charge is 0.303 e. The van der Waals surface area contributed by atoms with Gasteiger partial charge in [0.1, 0.15) is 6.04 Å². The van der Waals surface area contributed by atoms with E-state index in [2.05, 4.69) is 6.92 Å². The number of amides is 2. The highest BCUT2D eigenvalue weighted by Crippen LogP contribution is 2.16. The highest BCUT2D eigenvalue weighted by Gasteiger charge is 2.29. The predicted molar refractivity (Wildman–Crippen MR) is 141 cm³/mol. The fourth-order valence-electron chi connectivity index (χ4n) is 3.99. The maximum Gasteiger partial charge on any atom is 0.303 e. The van der Waals surface area contributed by atoms with Gasteiger partial charge in [-0.05, 0) is 31.7 Å². The van der Waals surface area contributed by atoms with Crippen molar-refractivity contribution in [3.63, 3.8) is 0 Å². The van der Waals surface area contributed by atoms with E-state index < -0.39 is 17.9 Å². The third-order valence-electron chi connectivity index (χ3n) is 5.89. The molecule has 0 bridgehead atoms. The van der Waals surface area contributed by atoms with Crippen molar-refractivity contribution in [2.75, 3.05) is 13.1 Å². The summed E-state index contributed by atoms with van der Waals surface area (Å²) < 4.78 is 0. The summed E-state index contributed by atoms with van der Waals surface area (Å²) in [5.41, 5.74) is 11.1. The molecule has 1 atom stereocenters. The number of carboxylic acid groups (broad SMARTS) is 1. The zero-order valence-electron chi connectivity index (χ0n) is 22.7. The first-order valence-electron chi connectivity index (χ1n) is 13.7. The van der Waals surface area contributed by atoms with Crippen LogP contribution in [0.4, 0.5) is 0 Å². The Labute approximate surface area is 209 Å². The molecule has 34 heavy (non-hydrogen) atoms.